The molecule has 2 N–H and O–H groups in total. The van der Waals surface area contributed by atoms with Crippen LogP contribution in [0.5, 0.6) is 0 Å². The highest BCUT2D eigenvalue weighted by Crippen LogP contribution is 2.07. The topological polar surface area (TPSA) is 93.1 Å². The van der Waals surface area contributed by atoms with Crippen LogP contribution in [0.1, 0.15) is 28.8 Å². The Labute approximate surface area is 132 Å². The maximum absolute atomic E-state index is 12.2. The summed E-state index contributed by atoms with van der Waals surface area (Å²) >= 11 is 0. The van der Waals surface area contributed by atoms with Gasteiger partial charge in [0, 0.05) is 12.6 Å². The van der Waals surface area contributed by atoms with Crippen LogP contribution < -0.4 is 10.6 Å². The number of amides is 3. The third kappa shape index (κ3) is 3.63. The van der Waals surface area contributed by atoms with Crippen molar-refractivity contribution >= 4 is 17.7 Å². The molecule has 3 amide bonds. The van der Waals surface area contributed by atoms with E-state index in [1.165, 1.54) is 6.20 Å². The zero-order valence-electron chi connectivity index (χ0n) is 12.4. The monoisotopic (exact) mass is 312 g/mol. The fourth-order valence-electron chi connectivity index (χ4n) is 2.41. The van der Waals surface area contributed by atoms with Gasteiger partial charge in [0.25, 0.3) is 5.91 Å². The van der Waals surface area contributed by atoms with Crippen LogP contribution in [0, 0.1) is 0 Å². The van der Waals surface area contributed by atoms with Crippen molar-refractivity contribution in [3.8, 4) is 0 Å². The van der Waals surface area contributed by atoms with E-state index in [-0.39, 0.29) is 18.2 Å². The Morgan fingerprint density at radius 3 is 2.83 bits per heavy atom. The molecular formula is C16H16N4O3. The van der Waals surface area contributed by atoms with Gasteiger partial charge in [-0.15, -0.1) is 0 Å². The van der Waals surface area contributed by atoms with Crippen LogP contribution in [-0.2, 0) is 16.1 Å². The van der Waals surface area contributed by atoms with Gasteiger partial charge >= 0.3 is 0 Å². The van der Waals surface area contributed by atoms with Crippen LogP contribution in [0.3, 0.4) is 0 Å². The maximum atomic E-state index is 12.2. The number of imide groups is 1. The van der Waals surface area contributed by atoms with Gasteiger partial charge in [-0.3, -0.25) is 24.4 Å². The molecule has 0 spiro atoms. The number of benzene rings is 1. The van der Waals surface area contributed by atoms with E-state index in [1.54, 1.807) is 10.9 Å². The molecule has 0 saturated carbocycles. The largest absolute Gasteiger partial charge is 0.340 e. The lowest BCUT2D eigenvalue weighted by molar-refractivity contribution is -0.134. The zero-order valence-corrected chi connectivity index (χ0v) is 12.4. The summed E-state index contributed by atoms with van der Waals surface area (Å²) < 4.78 is 1.66. The molecule has 2 heterocycles. The second kappa shape index (κ2) is 6.43. The number of rotatable bonds is 4. The molecule has 1 atom stereocenters. The summed E-state index contributed by atoms with van der Waals surface area (Å²) in [4.78, 5) is 34.9. The van der Waals surface area contributed by atoms with Crippen molar-refractivity contribution in [3.05, 3.63) is 53.9 Å². The van der Waals surface area contributed by atoms with Crippen LogP contribution in [0.4, 0.5) is 0 Å². The Bertz CT molecular complexity index is 739. The van der Waals surface area contributed by atoms with E-state index in [0.29, 0.717) is 18.5 Å². The molecule has 1 aliphatic rings. The molecule has 7 heteroatoms. The highest BCUT2D eigenvalue weighted by molar-refractivity contribution is 6.03. The summed E-state index contributed by atoms with van der Waals surface area (Å²) in [6.45, 7) is 0.562. The second-order valence-electron chi connectivity index (χ2n) is 5.39. The molecule has 0 radical (unpaired) electrons. The lowest BCUT2D eigenvalue weighted by Crippen LogP contribution is -2.52. The van der Waals surface area contributed by atoms with Gasteiger partial charge in [0.15, 0.2) is 0 Å². The molecule has 23 heavy (non-hydrogen) atoms. The average Bonchev–Trinajstić information content (AvgIpc) is 3.00. The molecule has 0 bridgehead atoms. The third-order valence-electron chi connectivity index (χ3n) is 3.63. The first-order valence-corrected chi connectivity index (χ1v) is 7.33. The molecule has 0 aliphatic carbocycles. The molecule has 118 valence electrons. The van der Waals surface area contributed by atoms with Crippen molar-refractivity contribution in [2.75, 3.05) is 0 Å². The quantitative estimate of drug-likeness (QED) is 0.802. The van der Waals surface area contributed by atoms with E-state index in [9.17, 15) is 14.4 Å². The molecule has 2 aromatic rings. The zero-order chi connectivity index (χ0) is 16.2. The Kier molecular flexibility index (Phi) is 4.18. The summed E-state index contributed by atoms with van der Waals surface area (Å²) in [5, 5.41) is 8.99. The van der Waals surface area contributed by atoms with Crippen molar-refractivity contribution in [1.82, 2.24) is 20.4 Å². The Hall–Kier alpha value is -2.96. The maximum Gasteiger partial charge on any atom is 0.255 e. The van der Waals surface area contributed by atoms with E-state index in [2.05, 4.69) is 15.7 Å². The molecular weight excluding hydrogens is 296 g/mol. The highest BCUT2D eigenvalue weighted by Gasteiger charge is 2.28. The number of carbonyl (C=O) groups excluding carboxylic acids is 3. The number of hydrogen-bond acceptors (Lipinski definition) is 4. The van der Waals surface area contributed by atoms with Crippen molar-refractivity contribution in [2.45, 2.75) is 25.4 Å². The molecule has 1 aromatic heterocycles. The number of nitrogens with zero attached hydrogens (tertiary/aromatic N) is 2. The van der Waals surface area contributed by atoms with Crippen LogP contribution in [0.25, 0.3) is 0 Å². The van der Waals surface area contributed by atoms with E-state index < -0.39 is 11.9 Å². The summed E-state index contributed by atoms with van der Waals surface area (Å²) in [6, 6.07) is 9.09. The molecule has 7 nitrogen and oxygen atoms in total. The van der Waals surface area contributed by atoms with Crippen LogP contribution in [-0.4, -0.2) is 33.5 Å². The first kappa shape index (κ1) is 15.0. The molecule has 3 rings (SSSR count). The standard InChI is InChI=1S/C16H16N4O3/c21-14-7-6-13(16(23)19-14)18-15(22)12-8-17-20(10-12)9-11-4-2-1-3-5-11/h1-5,8,10,13H,6-7,9H2,(H,18,22)(H,19,21,23). The van der Waals surface area contributed by atoms with Crippen molar-refractivity contribution in [2.24, 2.45) is 0 Å². The van der Waals surface area contributed by atoms with Gasteiger partial charge in [-0.05, 0) is 12.0 Å². The first-order chi connectivity index (χ1) is 11.1. The second-order valence-corrected chi connectivity index (χ2v) is 5.39. The van der Waals surface area contributed by atoms with Crippen molar-refractivity contribution in [3.63, 3.8) is 0 Å². The van der Waals surface area contributed by atoms with Crippen molar-refractivity contribution < 1.29 is 14.4 Å². The van der Waals surface area contributed by atoms with Gasteiger partial charge in [0.1, 0.15) is 6.04 Å². The van der Waals surface area contributed by atoms with E-state index >= 15 is 0 Å². The van der Waals surface area contributed by atoms with Gasteiger partial charge in [0.2, 0.25) is 11.8 Å². The molecule has 1 unspecified atom stereocenters. The lowest BCUT2D eigenvalue weighted by Gasteiger charge is -2.21. The highest BCUT2D eigenvalue weighted by atomic mass is 16.2. The SMILES string of the molecule is O=C1CCC(NC(=O)c2cnn(Cc3ccccc3)c2)C(=O)N1. The van der Waals surface area contributed by atoms with Gasteiger partial charge in [0.05, 0.1) is 18.3 Å². The first-order valence-electron chi connectivity index (χ1n) is 7.33. The minimum absolute atomic E-state index is 0.226. The van der Waals surface area contributed by atoms with Crippen LogP contribution in [0.15, 0.2) is 42.7 Å². The molecule has 1 aromatic carbocycles. The number of aromatic nitrogens is 2. The van der Waals surface area contributed by atoms with Gasteiger partial charge in [-0.25, -0.2) is 0 Å². The normalized spacial score (nSPS) is 17.7. The number of nitrogens with one attached hydrogen (secondary N) is 2. The Morgan fingerprint density at radius 1 is 1.30 bits per heavy atom. The molecule has 1 saturated heterocycles. The molecule has 1 aliphatic heterocycles. The summed E-state index contributed by atoms with van der Waals surface area (Å²) in [7, 11) is 0. The van der Waals surface area contributed by atoms with Gasteiger partial charge in [-0.2, -0.15) is 5.10 Å². The van der Waals surface area contributed by atoms with Crippen LogP contribution in [0.2, 0.25) is 0 Å². The predicted molar refractivity (Wildman–Crippen MR) is 81.4 cm³/mol. The van der Waals surface area contributed by atoms with Gasteiger partial charge < -0.3 is 5.32 Å². The Morgan fingerprint density at radius 2 is 2.09 bits per heavy atom. The fraction of sp³-hybridized carbons (Fsp3) is 0.250. The average molecular weight is 312 g/mol. The minimum atomic E-state index is -0.683. The molecule has 1 fully saturated rings. The van der Waals surface area contributed by atoms with E-state index in [4.69, 9.17) is 0 Å². The summed E-state index contributed by atoms with van der Waals surface area (Å²) in [5.74, 6) is -1.15. The summed E-state index contributed by atoms with van der Waals surface area (Å²) in [5.41, 5.74) is 1.46. The van der Waals surface area contributed by atoms with E-state index in [0.717, 1.165) is 5.56 Å². The smallest absolute Gasteiger partial charge is 0.255 e. The Balaban J connectivity index is 1.62. The predicted octanol–water partition coefficient (Wildman–Crippen LogP) is 0.466. The van der Waals surface area contributed by atoms with Crippen LogP contribution >= 0.6 is 0 Å². The summed E-state index contributed by atoms with van der Waals surface area (Å²) in [6.07, 6.45) is 3.64. The third-order valence-corrected chi connectivity index (χ3v) is 3.63. The van der Waals surface area contributed by atoms with E-state index in [1.807, 2.05) is 30.3 Å². The minimum Gasteiger partial charge on any atom is -0.340 e. The number of hydrogen-bond donors (Lipinski definition) is 2. The lowest BCUT2D eigenvalue weighted by atomic mass is 10.1. The van der Waals surface area contributed by atoms with Gasteiger partial charge in [-0.1, -0.05) is 30.3 Å². The number of carbonyl (C=O) groups is 3. The number of piperidine rings is 1. The van der Waals surface area contributed by atoms with Crippen molar-refractivity contribution in [1.29, 1.82) is 0 Å². The fourth-order valence-corrected chi connectivity index (χ4v) is 2.41.